The maximum Gasteiger partial charge on any atom is 0.349 e. The van der Waals surface area contributed by atoms with Crippen LogP contribution in [-0.4, -0.2) is 38.2 Å². The standard InChI is InChI=1S/C13H19NO4S/c1-9(2)11(12(15)14-6-7-17-3)18-13(16)10-5-4-8-19-10/h4-5,8-9,11H,6-7H2,1-3H3,(H,14,15). The highest BCUT2D eigenvalue weighted by Crippen LogP contribution is 2.14. The van der Waals surface area contributed by atoms with Crippen molar-refractivity contribution in [1.82, 2.24) is 5.32 Å². The number of methoxy groups -OCH3 is 1. The SMILES string of the molecule is COCCNC(=O)C(OC(=O)c1cccs1)C(C)C. The molecule has 0 saturated carbocycles. The van der Waals surface area contributed by atoms with Crippen molar-refractivity contribution in [3.05, 3.63) is 22.4 Å². The predicted octanol–water partition coefficient (Wildman–Crippen LogP) is 1.69. The first kappa shape index (κ1) is 15.7. The largest absolute Gasteiger partial charge is 0.448 e. The summed E-state index contributed by atoms with van der Waals surface area (Å²) in [5.41, 5.74) is 0. The van der Waals surface area contributed by atoms with Gasteiger partial charge in [0.15, 0.2) is 6.10 Å². The molecule has 1 amide bonds. The number of amides is 1. The van der Waals surface area contributed by atoms with E-state index in [1.165, 1.54) is 11.3 Å². The van der Waals surface area contributed by atoms with Gasteiger partial charge >= 0.3 is 5.97 Å². The molecule has 19 heavy (non-hydrogen) atoms. The van der Waals surface area contributed by atoms with E-state index >= 15 is 0 Å². The minimum absolute atomic E-state index is 0.0912. The maximum atomic E-state index is 11.9. The number of ether oxygens (including phenoxy) is 2. The highest BCUT2D eigenvalue weighted by atomic mass is 32.1. The van der Waals surface area contributed by atoms with Gasteiger partial charge < -0.3 is 14.8 Å². The first-order valence-electron chi connectivity index (χ1n) is 6.07. The fourth-order valence-corrected chi connectivity index (χ4v) is 2.04. The van der Waals surface area contributed by atoms with Crippen LogP contribution in [0.15, 0.2) is 17.5 Å². The minimum atomic E-state index is -0.786. The van der Waals surface area contributed by atoms with E-state index in [4.69, 9.17) is 9.47 Å². The number of esters is 1. The van der Waals surface area contributed by atoms with Crippen molar-refractivity contribution in [2.75, 3.05) is 20.3 Å². The fourth-order valence-electron chi connectivity index (χ4n) is 1.44. The Morgan fingerprint density at radius 3 is 2.68 bits per heavy atom. The number of rotatable bonds is 7. The summed E-state index contributed by atoms with van der Waals surface area (Å²) in [4.78, 5) is 24.3. The number of nitrogens with one attached hydrogen (secondary N) is 1. The van der Waals surface area contributed by atoms with Gasteiger partial charge in [-0.15, -0.1) is 11.3 Å². The lowest BCUT2D eigenvalue weighted by atomic mass is 10.1. The van der Waals surface area contributed by atoms with Crippen molar-refractivity contribution >= 4 is 23.2 Å². The Bertz CT molecular complexity index is 403. The van der Waals surface area contributed by atoms with Crippen LogP contribution in [0.5, 0.6) is 0 Å². The molecule has 1 aromatic rings. The molecule has 0 spiro atoms. The molecule has 1 aromatic heterocycles. The molecule has 0 bridgehead atoms. The third-order valence-corrected chi connectivity index (χ3v) is 3.28. The first-order valence-corrected chi connectivity index (χ1v) is 6.95. The lowest BCUT2D eigenvalue weighted by Crippen LogP contribution is -2.42. The fraction of sp³-hybridized carbons (Fsp3) is 0.538. The molecular weight excluding hydrogens is 266 g/mol. The van der Waals surface area contributed by atoms with Crippen LogP contribution >= 0.6 is 11.3 Å². The van der Waals surface area contributed by atoms with Crippen molar-refractivity contribution in [2.24, 2.45) is 5.92 Å². The normalized spacial score (nSPS) is 12.2. The Hall–Kier alpha value is -1.40. The monoisotopic (exact) mass is 285 g/mol. The van der Waals surface area contributed by atoms with Gasteiger partial charge in [0.25, 0.3) is 5.91 Å². The van der Waals surface area contributed by atoms with Crippen molar-refractivity contribution < 1.29 is 19.1 Å². The Labute approximate surface area is 116 Å². The van der Waals surface area contributed by atoms with E-state index in [0.717, 1.165) is 0 Å². The smallest absolute Gasteiger partial charge is 0.349 e. The Balaban J connectivity index is 2.57. The summed E-state index contributed by atoms with van der Waals surface area (Å²) in [6.45, 7) is 4.50. The van der Waals surface area contributed by atoms with Gasteiger partial charge in [-0.1, -0.05) is 19.9 Å². The van der Waals surface area contributed by atoms with Crippen molar-refractivity contribution in [3.8, 4) is 0 Å². The molecule has 0 aromatic carbocycles. The van der Waals surface area contributed by atoms with Crippen molar-refractivity contribution in [3.63, 3.8) is 0 Å². The number of hydrogen-bond acceptors (Lipinski definition) is 5. The third kappa shape index (κ3) is 5.00. The predicted molar refractivity (Wildman–Crippen MR) is 73.2 cm³/mol. The third-order valence-electron chi connectivity index (χ3n) is 2.43. The van der Waals surface area contributed by atoms with Gasteiger partial charge in [-0.05, 0) is 17.4 Å². The molecule has 1 N–H and O–H groups in total. The Kier molecular flexibility index (Phi) is 6.52. The van der Waals surface area contributed by atoms with E-state index < -0.39 is 12.1 Å². The molecule has 1 rings (SSSR count). The van der Waals surface area contributed by atoms with Crippen LogP contribution in [0.2, 0.25) is 0 Å². The second-order valence-electron chi connectivity index (χ2n) is 4.33. The number of carbonyl (C=O) groups is 2. The lowest BCUT2D eigenvalue weighted by Gasteiger charge is -2.20. The Morgan fingerprint density at radius 2 is 2.16 bits per heavy atom. The average Bonchev–Trinajstić information content (AvgIpc) is 2.89. The molecule has 0 saturated heterocycles. The van der Waals surface area contributed by atoms with Crippen molar-refractivity contribution in [2.45, 2.75) is 20.0 Å². The number of hydrogen-bond donors (Lipinski definition) is 1. The van der Waals surface area contributed by atoms with Gasteiger partial charge in [0.1, 0.15) is 4.88 Å². The number of carbonyl (C=O) groups excluding carboxylic acids is 2. The van der Waals surface area contributed by atoms with Crippen LogP contribution in [0.1, 0.15) is 23.5 Å². The van der Waals surface area contributed by atoms with Gasteiger partial charge in [0.2, 0.25) is 0 Å². The van der Waals surface area contributed by atoms with Crippen LogP contribution in [0.4, 0.5) is 0 Å². The van der Waals surface area contributed by atoms with E-state index in [1.54, 1.807) is 24.6 Å². The zero-order valence-electron chi connectivity index (χ0n) is 11.3. The van der Waals surface area contributed by atoms with Gasteiger partial charge in [-0.25, -0.2) is 4.79 Å². The molecule has 6 heteroatoms. The van der Waals surface area contributed by atoms with Crippen LogP contribution in [0, 0.1) is 5.92 Å². The molecule has 0 radical (unpaired) electrons. The van der Waals surface area contributed by atoms with Crippen molar-refractivity contribution in [1.29, 1.82) is 0 Å². The summed E-state index contributed by atoms with van der Waals surface area (Å²) in [6.07, 6.45) is -0.786. The summed E-state index contributed by atoms with van der Waals surface area (Å²) in [5.74, 6) is -0.848. The molecule has 1 atom stereocenters. The molecule has 1 heterocycles. The quantitative estimate of drug-likeness (QED) is 0.611. The zero-order chi connectivity index (χ0) is 14.3. The highest BCUT2D eigenvalue weighted by molar-refractivity contribution is 7.11. The van der Waals surface area contributed by atoms with Gasteiger partial charge in [0.05, 0.1) is 6.61 Å². The summed E-state index contributed by atoms with van der Waals surface area (Å²) >= 11 is 1.29. The Morgan fingerprint density at radius 1 is 1.42 bits per heavy atom. The van der Waals surface area contributed by atoms with Gasteiger partial charge in [0, 0.05) is 13.7 Å². The van der Waals surface area contributed by atoms with Gasteiger partial charge in [-0.3, -0.25) is 4.79 Å². The van der Waals surface area contributed by atoms with E-state index in [-0.39, 0.29) is 11.8 Å². The molecule has 5 nitrogen and oxygen atoms in total. The van der Waals surface area contributed by atoms with Crippen LogP contribution < -0.4 is 5.32 Å². The molecule has 0 aliphatic rings. The average molecular weight is 285 g/mol. The first-order chi connectivity index (χ1) is 9.06. The molecule has 106 valence electrons. The van der Waals surface area contributed by atoms with E-state index in [0.29, 0.717) is 18.0 Å². The van der Waals surface area contributed by atoms with Crippen LogP contribution in [-0.2, 0) is 14.3 Å². The number of thiophene rings is 1. The summed E-state index contributed by atoms with van der Waals surface area (Å²) in [7, 11) is 1.56. The van der Waals surface area contributed by atoms with Gasteiger partial charge in [-0.2, -0.15) is 0 Å². The summed E-state index contributed by atoms with van der Waals surface area (Å²) in [6, 6.07) is 3.44. The van der Waals surface area contributed by atoms with E-state index in [2.05, 4.69) is 5.32 Å². The molecule has 0 fully saturated rings. The topological polar surface area (TPSA) is 64.6 Å². The second kappa shape index (κ2) is 7.91. The highest BCUT2D eigenvalue weighted by Gasteiger charge is 2.26. The summed E-state index contributed by atoms with van der Waals surface area (Å²) in [5, 5.41) is 4.47. The zero-order valence-corrected chi connectivity index (χ0v) is 12.2. The molecule has 0 aliphatic carbocycles. The second-order valence-corrected chi connectivity index (χ2v) is 5.28. The van der Waals surface area contributed by atoms with E-state index in [9.17, 15) is 9.59 Å². The van der Waals surface area contributed by atoms with Crippen LogP contribution in [0.25, 0.3) is 0 Å². The minimum Gasteiger partial charge on any atom is -0.448 e. The maximum absolute atomic E-state index is 11.9. The molecule has 0 aliphatic heterocycles. The summed E-state index contributed by atoms with van der Waals surface area (Å²) < 4.78 is 10.1. The molecular formula is C13H19NO4S. The molecule has 1 unspecified atom stereocenters. The van der Waals surface area contributed by atoms with Crippen LogP contribution in [0.3, 0.4) is 0 Å². The van der Waals surface area contributed by atoms with E-state index in [1.807, 2.05) is 13.8 Å². The lowest BCUT2D eigenvalue weighted by molar-refractivity contribution is -0.132.